The number of hydrogen-bond acceptors (Lipinski definition) is 5. The van der Waals surface area contributed by atoms with Gasteiger partial charge in [0, 0.05) is 12.1 Å². The molecule has 0 aliphatic carbocycles. The van der Waals surface area contributed by atoms with Crippen molar-refractivity contribution in [1.82, 2.24) is 4.31 Å². The minimum Gasteiger partial charge on any atom is -0.497 e. The normalized spacial score (nSPS) is 17.7. The lowest BCUT2D eigenvalue weighted by atomic mass is 10.0. The van der Waals surface area contributed by atoms with E-state index in [0.29, 0.717) is 30.0 Å². The predicted octanol–water partition coefficient (Wildman–Crippen LogP) is 3.10. The first kappa shape index (κ1) is 18.2. The molecule has 0 unspecified atom stereocenters. The zero-order chi connectivity index (χ0) is 18.7. The first-order chi connectivity index (χ1) is 12.5. The Bertz CT molecular complexity index is 950. The van der Waals surface area contributed by atoms with Gasteiger partial charge >= 0.3 is 0 Å². The van der Waals surface area contributed by atoms with Gasteiger partial charge in [0.25, 0.3) is 0 Å². The lowest BCUT2D eigenvalue weighted by Crippen LogP contribution is -2.31. The monoisotopic (exact) mass is 372 g/mol. The van der Waals surface area contributed by atoms with Gasteiger partial charge in [0.05, 0.1) is 36.8 Å². The van der Waals surface area contributed by atoms with E-state index in [1.54, 1.807) is 38.5 Å². The molecular formula is C19H20N2O4S. The molecule has 3 rings (SSSR count). The Kier molecular flexibility index (Phi) is 5.16. The molecule has 1 saturated heterocycles. The highest BCUT2D eigenvalue weighted by atomic mass is 32.2. The molecule has 26 heavy (non-hydrogen) atoms. The third-order valence-electron chi connectivity index (χ3n) is 4.57. The van der Waals surface area contributed by atoms with Gasteiger partial charge in [-0.15, -0.1) is 0 Å². The summed E-state index contributed by atoms with van der Waals surface area (Å²) >= 11 is 0. The number of benzene rings is 2. The number of rotatable bonds is 5. The number of sulfonamides is 1. The third-order valence-corrected chi connectivity index (χ3v) is 6.47. The summed E-state index contributed by atoms with van der Waals surface area (Å²) in [4.78, 5) is 0.130. The van der Waals surface area contributed by atoms with Crippen molar-refractivity contribution in [1.29, 1.82) is 5.26 Å². The van der Waals surface area contributed by atoms with E-state index >= 15 is 0 Å². The Hall–Kier alpha value is -2.56. The molecule has 1 aliphatic rings. The summed E-state index contributed by atoms with van der Waals surface area (Å²) in [7, 11) is -0.591. The topological polar surface area (TPSA) is 79.6 Å². The summed E-state index contributed by atoms with van der Waals surface area (Å²) in [6.45, 7) is 0.421. The van der Waals surface area contributed by atoms with Crippen molar-refractivity contribution in [3.63, 3.8) is 0 Å². The van der Waals surface area contributed by atoms with Crippen LogP contribution in [0.25, 0.3) is 0 Å². The summed E-state index contributed by atoms with van der Waals surface area (Å²) in [6, 6.07) is 13.1. The van der Waals surface area contributed by atoms with Crippen LogP contribution < -0.4 is 9.47 Å². The predicted molar refractivity (Wildman–Crippen MR) is 96.6 cm³/mol. The second kappa shape index (κ2) is 7.36. The van der Waals surface area contributed by atoms with Crippen LogP contribution in [0.15, 0.2) is 47.4 Å². The van der Waals surface area contributed by atoms with Crippen molar-refractivity contribution in [2.24, 2.45) is 0 Å². The molecule has 6 nitrogen and oxygen atoms in total. The van der Waals surface area contributed by atoms with Crippen molar-refractivity contribution in [3.05, 3.63) is 53.6 Å². The van der Waals surface area contributed by atoms with Gasteiger partial charge in [0.1, 0.15) is 11.5 Å². The number of ether oxygens (including phenoxy) is 2. The van der Waals surface area contributed by atoms with Crippen LogP contribution in [-0.2, 0) is 10.0 Å². The van der Waals surface area contributed by atoms with Gasteiger partial charge in [-0.2, -0.15) is 9.57 Å². The molecule has 0 bridgehead atoms. The molecule has 1 heterocycles. The minimum absolute atomic E-state index is 0.130. The van der Waals surface area contributed by atoms with E-state index in [1.807, 2.05) is 12.1 Å². The summed E-state index contributed by atoms with van der Waals surface area (Å²) < 4.78 is 38.6. The highest BCUT2D eigenvalue weighted by Gasteiger charge is 2.37. The standard InChI is InChI=1S/C19H20N2O4S/c1-24-15-8-9-19(25-2)17(12-15)18-7-4-10-21(18)26(22,23)16-6-3-5-14(11-16)13-20/h3,5-6,8-9,11-12,18H,4,7,10H2,1-2H3/t18-/m0/s1. The van der Waals surface area contributed by atoms with Crippen molar-refractivity contribution in [2.45, 2.75) is 23.8 Å². The number of hydrogen-bond donors (Lipinski definition) is 0. The summed E-state index contributed by atoms with van der Waals surface area (Å²) in [5.41, 5.74) is 1.10. The highest BCUT2D eigenvalue weighted by molar-refractivity contribution is 7.89. The molecule has 7 heteroatoms. The van der Waals surface area contributed by atoms with Crippen molar-refractivity contribution in [3.8, 4) is 17.6 Å². The maximum absolute atomic E-state index is 13.2. The molecule has 1 aliphatic heterocycles. The molecule has 136 valence electrons. The second-order valence-corrected chi connectivity index (χ2v) is 7.91. The van der Waals surface area contributed by atoms with E-state index in [0.717, 1.165) is 12.0 Å². The Morgan fingerprint density at radius 3 is 2.65 bits per heavy atom. The van der Waals surface area contributed by atoms with E-state index in [4.69, 9.17) is 14.7 Å². The zero-order valence-electron chi connectivity index (χ0n) is 14.7. The van der Waals surface area contributed by atoms with Gasteiger partial charge in [-0.25, -0.2) is 8.42 Å². The van der Waals surface area contributed by atoms with Crippen LogP contribution >= 0.6 is 0 Å². The van der Waals surface area contributed by atoms with Crippen LogP contribution in [0.5, 0.6) is 11.5 Å². The van der Waals surface area contributed by atoms with E-state index < -0.39 is 10.0 Å². The average molecular weight is 372 g/mol. The Balaban J connectivity index is 2.04. The molecular weight excluding hydrogens is 352 g/mol. The first-order valence-corrected chi connectivity index (χ1v) is 9.69. The van der Waals surface area contributed by atoms with Crippen molar-refractivity contribution in [2.75, 3.05) is 20.8 Å². The van der Waals surface area contributed by atoms with Gasteiger partial charge in [-0.1, -0.05) is 6.07 Å². The molecule has 0 radical (unpaired) electrons. The maximum Gasteiger partial charge on any atom is 0.243 e. The van der Waals surface area contributed by atoms with Gasteiger partial charge in [0.2, 0.25) is 10.0 Å². The molecule has 0 amide bonds. The molecule has 1 fully saturated rings. The van der Waals surface area contributed by atoms with E-state index in [1.165, 1.54) is 16.4 Å². The molecule has 0 N–H and O–H groups in total. The number of nitriles is 1. The van der Waals surface area contributed by atoms with Crippen LogP contribution in [0.1, 0.15) is 30.0 Å². The fourth-order valence-corrected chi connectivity index (χ4v) is 5.02. The van der Waals surface area contributed by atoms with Gasteiger partial charge < -0.3 is 9.47 Å². The number of nitrogens with zero attached hydrogens (tertiary/aromatic N) is 2. The van der Waals surface area contributed by atoms with Gasteiger partial charge in [-0.3, -0.25) is 0 Å². The minimum atomic E-state index is -3.73. The van der Waals surface area contributed by atoms with Gasteiger partial charge in [0.15, 0.2) is 0 Å². The lowest BCUT2D eigenvalue weighted by Gasteiger charge is -2.26. The van der Waals surface area contributed by atoms with Crippen molar-refractivity contribution >= 4 is 10.0 Å². The lowest BCUT2D eigenvalue weighted by molar-refractivity contribution is 0.361. The summed E-state index contributed by atoms with van der Waals surface area (Å²) in [6.07, 6.45) is 1.45. The van der Waals surface area contributed by atoms with Crippen molar-refractivity contribution < 1.29 is 17.9 Å². The maximum atomic E-state index is 13.2. The van der Waals surface area contributed by atoms with Crippen LogP contribution in [0, 0.1) is 11.3 Å². The summed E-state index contributed by atoms with van der Waals surface area (Å²) in [5, 5.41) is 9.06. The van der Waals surface area contributed by atoms with E-state index in [2.05, 4.69) is 0 Å². The smallest absolute Gasteiger partial charge is 0.243 e. The number of methoxy groups -OCH3 is 2. The quantitative estimate of drug-likeness (QED) is 0.806. The first-order valence-electron chi connectivity index (χ1n) is 8.25. The highest BCUT2D eigenvalue weighted by Crippen LogP contribution is 2.41. The van der Waals surface area contributed by atoms with E-state index in [-0.39, 0.29) is 10.9 Å². The SMILES string of the molecule is COc1ccc(OC)c([C@@H]2CCCN2S(=O)(=O)c2cccc(C#N)c2)c1. The average Bonchev–Trinajstić information content (AvgIpc) is 3.18. The Labute approximate surface area is 153 Å². The molecule has 0 aromatic heterocycles. The fourth-order valence-electron chi connectivity index (χ4n) is 3.30. The molecule has 2 aromatic carbocycles. The molecule has 0 spiro atoms. The Morgan fingerprint density at radius 2 is 1.96 bits per heavy atom. The van der Waals surface area contributed by atoms with Crippen LogP contribution in [-0.4, -0.2) is 33.5 Å². The molecule has 2 aromatic rings. The van der Waals surface area contributed by atoms with Crippen LogP contribution in [0.3, 0.4) is 0 Å². The summed E-state index contributed by atoms with van der Waals surface area (Å²) in [5.74, 6) is 1.28. The third kappa shape index (κ3) is 3.26. The Morgan fingerprint density at radius 1 is 1.15 bits per heavy atom. The fraction of sp³-hybridized carbons (Fsp3) is 0.316. The van der Waals surface area contributed by atoms with Gasteiger partial charge in [-0.05, 0) is 49.2 Å². The molecule has 1 atom stereocenters. The molecule has 0 saturated carbocycles. The van der Waals surface area contributed by atoms with E-state index in [9.17, 15) is 8.42 Å². The van der Waals surface area contributed by atoms with Crippen LogP contribution in [0.2, 0.25) is 0 Å². The largest absolute Gasteiger partial charge is 0.497 e. The van der Waals surface area contributed by atoms with Crippen LogP contribution in [0.4, 0.5) is 0 Å². The zero-order valence-corrected chi connectivity index (χ0v) is 15.5. The second-order valence-electron chi connectivity index (χ2n) is 6.02.